The molecule has 0 radical (unpaired) electrons. The summed E-state index contributed by atoms with van der Waals surface area (Å²) in [7, 11) is 0. The largest absolute Gasteiger partial charge is 0.504 e. The lowest BCUT2D eigenvalue weighted by Gasteiger charge is -2.32. The Kier molecular flexibility index (Phi) is 9.33. The fourth-order valence-corrected chi connectivity index (χ4v) is 5.34. The van der Waals surface area contributed by atoms with E-state index >= 15 is 0 Å². The van der Waals surface area contributed by atoms with Crippen molar-refractivity contribution in [3.63, 3.8) is 0 Å². The van der Waals surface area contributed by atoms with Gasteiger partial charge in [-0.05, 0) is 74.1 Å². The second-order valence-electron chi connectivity index (χ2n) is 10.4. The van der Waals surface area contributed by atoms with Crippen molar-refractivity contribution in [1.29, 1.82) is 0 Å². The van der Waals surface area contributed by atoms with Crippen LogP contribution in [0.1, 0.15) is 42.5 Å². The van der Waals surface area contributed by atoms with Crippen LogP contribution >= 0.6 is 0 Å². The van der Waals surface area contributed by atoms with E-state index in [0.29, 0.717) is 37.3 Å². The molecule has 42 heavy (non-hydrogen) atoms. The number of carbonyl (C=O) groups excluding carboxylic acids is 2. The summed E-state index contributed by atoms with van der Waals surface area (Å²) < 4.78 is 12.9. The number of aryl methyl sites for hydroxylation is 1. The molecule has 10 heteroatoms. The van der Waals surface area contributed by atoms with Crippen LogP contribution in [0.25, 0.3) is 11.0 Å². The third-order valence-electron chi connectivity index (χ3n) is 7.60. The SMILES string of the molecule is CCOc1cc([C@@H](C(=O)NC[C@@H]2CCCO2)N(CCc2ccccc2C)C(=O)Cn2nnc3ccccc32)ccc1O. The van der Waals surface area contributed by atoms with Crippen molar-refractivity contribution in [3.05, 3.63) is 83.4 Å². The minimum Gasteiger partial charge on any atom is -0.504 e. The molecule has 1 fully saturated rings. The van der Waals surface area contributed by atoms with Gasteiger partial charge in [-0.15, -0.1) is 5.10 Å². The maximum Gasteiger partial charge on any atom is 0.247 e. The highest BCUT2D eigenvalue weighted by molar-refractivity contribution is 5.89. The molecule has 0 saturated carbocycles. The number of benzene rings is 3. The average molecular weight is 572 g/mol. The molecule has 1 aliphatic heterocycles. The fraction of sp³-hybridized carbons (Fsp3) is 0.375. The lowest BCUT2D eigenvalue weighted by molar-refractivity contribution is -0.141. The Bertz CT molecular complexity index is 1530. The van der Waals surface area contributed by atoms with Gasteiger partial charge >= 0.3 is 0 Å². The summed E-state index contributed by atoms with van der Waals surface area (Å²) in [6.45, 7) is 5.38. The summed E-state index contributed by atoms with van der Waals surface area (Å²) in [5.74, 6) is -0.408. The normalized spacial score (nSPS) is 15.4. The van der Waals surface area contributed by atoms with Gasteiger partial charge in [0.1, 0.15) is 18.1 Å². The van der Waals surface area contributed by atoms with Crippen LogP contribution in [0.2, 0.25) is 0 Å². The Balaban J connectivity index is 1.51. The van der Waals surface area contributed by atoms with Gasteiger partial charge in [0.2, 0.25) is 11.8 Å². The number of rotatable bonds is 12. The molecule has 1 saturated heterocycles. The fourth-order valence-electron chi connectivity index (χ4n) is 5.34. The maximum atomic E-state index is 14.2. The Morgan fingerprint density at radius 2 is 1.98 bits per heavy atom. The molecule has 1 aliphatic rings. The molecule has 0 aliphatic carbocycles. The number of phenols is 1. The number of nitrogens with zero attached hydrogens (tertiary/aromatic N) is 4. The van der Waals surface area contributed by atoms with Crippen molar-refractivity contribution in [3.8, 4) is 11.5 Å². The molecular weight excluding hydrogens is 534 g/mol. The van der Waals surface area contributed by atoms with E-state index in [1.807, 2.05) is 62.4 Å². The number of aromatic nitrogens is 3. The molecule has 220 valence electrons. The van der Waals surface area contributed by atoms with Gasteiger partial charge in [-0.2, -0.15) is 0 Å². The lowest BCUT2D eigenvalue weighted by atomic mass is 10.0. The predicted molar refractivity (Wildman–Crippen MR) is 158 cm³/mol. The molecule has 2 amide bonds. The summed E-state index contributed by atoms with van der Waals surface area (Å²) in [5, 5.41) is 21.8. The first kappa shape index (κ1) is 29.1. The number of carbonyl (C=O) groups is 2. The molecule has 2 heterocycles. The van der Waals surface area contributed by atoms with Gasteiger partial charge in [-0.1, -0.05) is 47.7 Å². The second-order valence-corrected chi connectivity index (χ2v) is 10.4. The number of phenolic OH excluding ortho intramolecular Hbond substituents is 1. The Morgan fingerprint density at radius 3 is 2.76 bits per heavy atom. The number of para-hydroxylation sites is 1. The quantitative estimate of drug-likeness (QED) is 0.264. The van der Waals surface area contributed by atoms with Gasteiger partial charge in [-0.25, -0.2) is 4.68 Å². The molecule has 1 aromatic heterocycles. The van der Waals surface area contributed by atoms with Gasteiger partial charge in [0.05, 0.1) is 18.2 Å². The third-order valence-corrected chi connectivity index (χ3v) is 7.60. The first-order chi connectivity index (χ1) is 20.4. The van der Waals surface area contributed by atoms with Gasteiger partial charge < -0.3 is 24.8 Å². The molecule has 4 aromatic rings. The topological polar surface area (TPSA) is 119 Å². The molecular formula is C32H37N5O5. The van der Waals surface area contributed by atoms with E-state index in [-0.39, 0.29) is 42.5 Å². The zero-order valence-corrected chi connectivity index (χ0v) is 24.0. The zero-order chi connectivity index (χ0) is 29.5. The van der Waals surface area contributed by atoms with Crippen LogP contribution < -0.4 is 10.1 Å². The van der Waals surface area contributed by atoms with Gasteiger partial charge in [-0.3, -0.25) is 9.59 Å². The van der Waals surface area contributed by atoms with E-state index < -0.39 is 6.04 Å². The number of nitrogens with one attached hydrogen (secondary N) is 1. The smallest absolute Gasteiger partial charge is 0.247 e. The highest BCUT2D eigenvalue weighted by Gasteiger charge is 2.33. The number of fused-ring (bicyclic) bond motifs is 1. The van der Waals surface area contributed by atoms with Crippen LogP contribution in [0, 0.1) is 6.92 Å². The van der Waals surface area contributed by atoms with E-state index in [1.165, 1.54) is 6.07 Å². The van der Waals surface area contributed by atoms with Crippen molar-refractivity contribution >= 4 is 22.8 Å². The van der Waals surface area contributed by atoms with Gasteiger partial charge in [0, 0.05) is 19.7 Å². The van der Waals surface area contributed by atoms with E-state index in [2.05, 4.69) is 15.6 Å². The molecule has 2 atom stereocenters. The lowest BCUT2D eigenvalue weighted by Crippen LogP contribution is -2.47. The average Bonchev–Trinajstić information content (AvgIpc) is 3.67. The van der Waals surface area contributed by atoms with Crippen molar-refractivity contribution in [1.82, 2.24) is 25.2 Å². The van der Waals surface area contributed by atoms with Crippen molar-refractivity contribution in [2.24, 2.45) is 0 Å². The third kappa shape index (κ3) is 6.71. The Labute approximate surface area is 245 Å². The molecule has 0 unspecified atom stereocenters. The summed E-state index contributed by atoms with van der Waals surface area (Å²) in [5.41, 5.74) is 4.13. The number of hydrogen-bond acceptors (Lipinski definition) is 7. The number of aromatic hydroxyl groups is 1. The minimum atomic E-state index is -0.988. The monoisotopic (exact) mass is 571 g/mol. The molecule has 2 N–H and O–H groups in total. The highest BCUT2D eigenvalue weighted by atomic mass is 16.5. The van der Waals surface area contributed by atoms with Crippen LogP contribution in [-0.2, 0) is 27.3 Å². The van der Waals surface area contributed by atoms with Crippen molar-refractivity contribution < 1.29 is 24.2 Å². The molecule has 5 rings (SSSR count). The summed E-state index contributed by atoms with van der Waals surface area (Å²) in [4.78, 5) is 29.8. The first-order valence-electron chi connectivity index (χ1n) is 14.4. The maximum absolute atomic E-state index is 14.2. The predicted octanol–water partition coefficient (Wildman–Crippen LogP) is 3.95. The van der Waals surface area contributed by atoms with Crippen molar-refractivity contribution in [2.45, 2.75) is 51.8 Å². The van der Waals surface area contributed by atoms with Crippen molar-refractivity contribution in [2.75, 3.05) is 26.3 Å². The summed E-state index contributed by atoms with van der Waals surface area (Å²) in [6, 6.07) is 19.2. The minimum absolute atomic E-state index is 0.0361. The van der Waals surface area contributed by atoms with E-state index in [4.69, 9.17) is 9.47 Å². The summed E-state index contributed by atoms with van der Waals surface area (Å²) in [6.07, 6.45) is 2.30. The van der Waals surface area contributed by atoms with Gasteiger partial charge in [0.25, 0.3) is 0 Å². The molecule has 0 spiro atoms. The van der Waals surface area contributed by atoms with E-state index in [0.717, 1.165) is 29.5 Å². The van der Waals surface area contributed by atoms with Crippen LogP contribution in [0.5, 0.6) is 11.5 Å². The molecule has 0 bridgehead atoms. The van der Waals surface area contributed by atoms with Crippen LogP contribution in [0.3, 0.4) is 0 Å². The summed E-state index contributed by atoms with van der Waals surface area (Å²) >= 11 is 0. The molecule has 10 nitrogen and oxygen atoms in total. The number of amides is 2. The highest BCUT2D eigenvalue weighted by Crippen LogP contribution is 2.32. The first-order valence-corrected chi connectivity index (χ1v) is 14.4. The number of ether oxygens (including phenoxy) is 2. The zero-order valence-electron chi connectivity index (χ0n) is 24.0. The van der Waals surface area contributed by atoms with E-state index in [9.17, 15) is 14.7 Å². The Hall–Kier alpha value is -4.44. The van der Waals surface area contributed by atoms with Gasteiger partial charge in [0.15, 0.2) is 11.5 Å². The van der Waals surface area contributed by atoms with Crippen LogP contribution in [0.15, 0.2) is 66.7 Å². The molecule has 3 aromatic carbocycles. The van der Waals surface area contributed by atoms with Crippen LogP contribution in [-0.4, -0.2) is 69.2 Å². The number of hydrogen-bond donors (Lipinski definition) is 2. The second kappa shape index (κ2) is 13.5. The Morgan fingerprint density at radius 1 is 1.17 bits per heavy atom. The standard InChI is InChI=1S/C32H37N5O5/c1-3-41-29-19-24(14-15-28(29)38)31(32(40)33-20-25-11-8-18-42-25)36(17-16-23-10-5-4-9-22(23)2)30(39)21-37-27-13-7-6-12-26(27)34-35-37/h4-7,9-10,12-15,19,25,31,38H,3,8,11,16-18,20-21H2,1-2H3,(H,33,40)/t25-,31-/m0/s1. The van der Waals surface area contributed by atoms with Crippen LogP contribution in [0.4, 0.5) is 0 Å². The van der Waals surface area contributed by atoms with E-state index in [1.54, 1.807) is 21.7 Å².